The van der Waals surface area contributed by atoms with Crippen molar-refractivity contribution in [2.45, 2.75) is 264 Å². The van der Waals surface area contributed by atoms with E-state index in [1.807, 2.05) is 0 Å². The topological polar surface area (TPSA) is 95.9 Å². The van der Waals surface area contributed by atoms with Crippen molar-refractivity contribution in [2.24, 2.45) is 0 Å². The smallest absolute Gasteiger partial charge is 0.306 e. The summed E-state index contributed by atoms with van der Waals surface area (Å²) in [5.41, 5.74) is 0. The number of ether oxygens (including phenoxy) is 1. The Labute approximate surface area is 359 Å². The average molecular weight is 814 g/mol. The number of hydrogen-bond donors (Lipinski definition) is 3. The number of carbonyl (C=O) groups is 2. The van der Waals surface area contributed by atoms with Gasteiger partial charge in [-0.15, -0.1) is 0 Å². The molecule has 6 nitrogen and oxygen atoms in total. The molecule has 0 spiro atoms. The molecular weight excluding hydrogens is 719 g/mol. The quantitative estimate of drug-likeness (QED) is 0.0323. The Hall–Kier alpha value is -2.18. The standard InChI is InChI=1S/C52H95NO5/c1-4-7-10-13-16-19-21-23-25-27-29-31-33-36-39-42-45-52(57)58-48(43-40-37-34-18-15-12-9-6-3)46-51(56)53-49(47-54)50(55)44-41-38-35-32-30-28-26-24-22-20-17-14-11-8-5-2/h7,10,16,19,23,25,29,31,48-50,54-55H,4-6,8-9,11-15,17-18,20-22,24,26-28,30,32-47H2,1-3H3,(H,53,56)/b10-7+,19-16+,25-23+,31-29+. The molecular formula is C52H95NO5. The molecule has 3 unspecified atom stereocenters. The summed E-state index contributed by atoms with van der Waals surface area (Å²) in [5.74, 6) is -0.509. The van der Waals surface area contributed by atoms with Crippen molar-refractivity contribution in [1.29, 1.82) is 0 Å². The zero-order valence-corrected chi connectivity index (χ0v) is 38.4. The number of allylic oxidation sites excluding steroid dienone is 8. The normalized spacial score (nSPS) is 13.7. The van der Waals surface area contributed by atoms with Gasteiger partial charge in [0.25, 0.3) is 0 Å². The maximum atomic E-state index is 13.1. The maximum absolute atomic E-state index is 13.1. The van der Waals surface area contributed by atoms with Crippen LogP contribution in [-0.4, -0.2) is 46.9 Å². The molecule has 0 fully saturated rings. The van der Waals surface area contributed by atoms with Gasteiger partial charge in [-0.1, -0.05) is 217 Å². The Morgan fingerprint density at radius 1 is 0.517 bits per heavy atom. The van der Waals surface area contributed by atoms with E-state index in [0.29, 0.717) is 19.3 Å². The summed E-state index contributed by atoms with van der Waals surface area (Å²) in [4.78, 5) is 26.0. The SMILES string of the molecule is CC/C=C/C/C=C/C/C=C/C/C=C/CCCCCC(=O)OC(CCCCCCCCCC)CC(=O)NC(CO)C(O)CCCCCCCCCCCCCCCCC. The van der Waals surface area contributed by atoms with Crippen LogP contribution >= 0.6 is 0 Å². The molecule has 338 valence electrons. The van der Waals surface area contributed by atoms with Crippen LogP contribution in [0.2, 0.25) is 0 Å². The molecule has 3 N–H and O–H groups in total. The van der Waals surface area contributed by atoms with Gasteiger partial charge in [0.05, 0.1) is 25.2 Å². The largest absolute Gasteiger partial charge is 0.462 e. The summed E-state index contributed by atoms with van der Waals surface area (Å²) >= 11 is 0. The highest BCUT2D eigenvalue weighted by Crippen LogP contribution is 2.18. The summed E-state index contributed by atoms with van der Waals surface area (Å²) < 4.78 is 5.89. The lowest BCUT2D eigenvalue weighted by atomic mass is 10.0. The molecule has 0 aliphatic heterocycles. The summed E-state index contributed by atoms with van der Waals surface area (Å²) in [6, 6.07) is -0.705. The number of esters is 1. The third kappa shape index (κ3) is 40.6. The highest BCUT2D eigenvalue weighted by atomic mass is 16.5. The first-order chi connectivity index (χ1) is 28.5. The second-order valence-corrected chi connectivity index (χ2v) is 16.8. The van der Waals surface area contributed by atoms with Crippen molar-refractivity contribution >= 4 is 11.9 Å². The summed E-state index contributed by atoms with van der Waals surface area (Å²) in [6.07, 6.45) is 54.6. The minimum absolute atomic E-state index is 0.0657. The van der Waals surface area contributed by atoms with Gasteiger partial charge in [0.2, 0.25) is 5.91 Å². The summed E-state index contributed by atoms with van der Waals surface area (Å²) in [6.45, 7) is 6.34. The zero-order chi connectivity index (χ0) is 42.4. The molecule has 0 radical (unpaired) electrons. The molecule has 1 amide bonds. The zero-order valence-electron chi connectivity index (χ0n) is 38.4. The minimum Gasteiger partial charge on any atom is -0.462 e. The molecule has 0 rings (SSSR count). The number of aliphatic hydroxyl groups excluding tert-OH is 2. The van der Waals surface area contributed by atoms with Gasteiger partial charge in [-0.3, -0.25) is 9.59 Å². The monoisotopic (exact) mass is 814 g/mol. The molecule has 3 atom stereocenters. The first-order valence-electron chi connectivity index (χ1n) is 24.9. The fourth-order valence-corrected chi connectivity index (χ4v) is 7.42. The highest BCUT2D eigenvalue weighted by molar-refractivity contribution is 5.77. The second-order valence-electron chi connectivity index (χ2n) is 16.8. The first-order valence-corrected chi connectivity index (χ1v) is 24.9. The van der Waals surface area contributed by atoms with E-state index >= 15 is 0 Å². The van der Waals surface area contributed by atoms with E-state index in [4.69, 9.17) is 4.74 Å². The third-order valence-corrected chi connectivity index (χ3v) is 11.2. The van der Waals surface area contributed by atoms with Crippen molar-refractivity contribution in [1.82, 2.24) is 5.32 Å². The van der Waals surface area contributed by atoms with Crippen LogP contribution < -0.4 is 5.32 Å². The molecule has 0 saturated heterocycles. The Balaban J connectivity index is 4.47. The van der Waals surface area contributed by atoms with Crippen LogP contribution in [0.25, 0.3) is 0 Å². The van der Waals surface area contributed by atoms with Crippen LogP contribution in [0.1, 0.15) is 245 Å². The maximum Gasteiger partial charge on any atom is 0.306 e. The van der Waals surface area contributed by atoms with E-state index in [-0.39, 0.29) is 24.9 Å². The predicted molar refractivity (Wildman–Crippen MR) is 250 cm³/mol. The van der Waals surface area contributed by atoms with E-state index in [0.717, 1.165) is 89.9 Å². The third-order valence-electron chi connectivity index (χ3n) is 11.2. The Morgan fingerprint density at radius 3 is 1.40 bits per heavy atom. The Morgan fingerprint density at radius 2 is 0.931 bits per heavy atom. The van der Waals surface area contributed by atoms with Gasteiger partial charge >= 0.3 is 5.97 Å². The predicted octanol–water partition coefficient (Wildman–Crippen LogP) is 14.7. The molecule has 6 heteroatoms. The number of amides is 1. The van der Waals surface area contributed by atoms with E-state index < -0.39 is 18.2 Å². The first kappa shape index (κ1) is 55.8. The lowest BCUT2D eigenvalue weighted by molar-refractivity contribution is -0.151. The minimum atomic E-state index is -0.790. The average Bonchev–Trinajstić information content (AvgIpc) is 3.22. The molecule has 0 aliphatic carbocycles. The molecule has 0 heterocycles. The highest BCUT2D eigenvalue weighted by Gasteiger charge is 2.24. The van der Waals surface area contributed by atoms with E-state index in [9.17, 15) is 19.8 Å². The molecule has 0 aromatic carbocycles. The van der Waals surface area contributed by atoms with Crippen molar-refractivity contribution in [3.8, 4) is 0 Å². The van der Waals surface area contributed by atoms with E-state index in [1.54, 1.807) is 0 Å². The second kappa shape index (κ2) is 45.9. The number of unbranched alkanes of at least 4 members (excludes halogenated alkanes) is 24. The molecule has 0 aliphatic rings. The number of nitrogens with one attached hydrogen (secondary N) is 1. The van der Waals surface area contributed by atoms with Crippen LogP contribution in [0.5, 0.6) is 0 Å². The summed E-state index contributed by atoms with van der Waals surface area (Å²) in [7, 11) is 0. The fraction of sp³-hybridized carbons (Fsp3) is 0.808. The molecule has 0 aromatic heterocycles. The van der Waals surface area contributed by atoms with Gasteiger partial charge in [0.15, 0.2) is 0 Å². The lowest BCUT2D eigenvalue weighted by Crippen LogP contribution is -2.46. The Bertz CT molecular complexity index is 1000. The van der Waals surface area contributed by atoms with Crippen LogP contribution in [0.4, 0.5) is 0 Å². The van der Waals surface area contributed by atoms with Crippen molar-refractivity contribution in [2.75, 3.05) is 6.61 Å². The Kier molecular flexibility index (Phi) is 44.2. The van der Waals surface area contributed by atoms with Gasteiger partial charge < -0.3 is 20.3 Å². The van der Waals surface area contributed by atoms with Gasteiger partial charge in [-0.25, -0.2) is 0 Å². The molecule has 58 heavy (non-hydrogen) atoms. The number of rotatable bonds is 44. The lowest BCUT2D eigenvalue weighted by Gasteiger charge is -2.24. The molecule has 0 saturated carbocycles. The van der Waals surface area contributed by atoms with Gasteiger partial charge in [-0.2, -0.15) is 0 Å². The van der Waals surface area contributed by atoms with E-state index in [1.165, 1.54) is 109 Å². The van der Waals surface area contributed by atoms with Crippen molar-refractivity contribution in [3.63, 3.8) is 0 Å². The molecule has 0 aromatic rings. The van der Waals surface area contributed by atoms with Crippen LogP contribution in [-0.2, 0) is 14.3 Å². The van der Waals surface area contributed by atoms with E-state index in [2.05, 4.69) is 74.7 Å². The number of aliphatic hydroxyl groups is 2. The van der Waals surface area contributed by atoms with Crippen molar-refractivity contribution in [3.05, 3.63) is 48.6 Å². The van der Waals surface area contributed by atoms with Gasteiger partial charge in [-0.05, 0) is 64.2 Å². The fourth-order valence-electron chi connectivity index (χ4n) is 7.42. The van der Waals surface area contributed by atoms with Crippen molar-refractivity contribution < 1.29 is 24.5 Å². The van der Waals surface area contributed by atoms with Crippen LogP contribution in [0, 0.1) is 0 Å². The summed E-state index contributed by atoms with van der Waals surface area (Å²) in [5, 5.41) is 23.7. The number of carbonyl (C=O) groups excluding carboxylic acids is 2. The van der Waals surface area contributed by atoms with Gasteiger partial charge in [0, 0.05) is 6.42 Å². The van der Waals surface area contributed by atoms with Crippen LogP contribution in [0.3, 0.4) is 0 Å². The van der Waals surface area contributed by atoms with Crippen LogP contribution in [0.15, 0.2) is 48.6 Å². The molecule has 0 bridgehead atoms. The number of hydrogen-bond acceptors (Lipinski definition) is 5. The van der Waals surface area contributed by atoms with Gasteiger partial charge in [0.1, 0.15) is 6.10 Å².